The molecular formula is C15H23ClN2O. The summed E-state index contributed by atoms with van der Waals surface area (Å²) in [5.74, 6) is 0.0348. The molecule has 0 heterocycles. The Hall–Kier alpha value is -1.06. The monoisotopic (exact) mass is 282 g/mol. The molecule has 1 amide bonds. The van der Waals surface area contributed by atoms with Gasteiger partial charge in [-0.1, -0.05) is 43.6 Å². The van der Waals surface area contributed by atoms with Crippen LogP contribution in [0.5, 0.6) is 0 Å². The normalized spacial score (nSPS) is 12.5. The Morgan fingerprint density at radius 1 is 1.26 bits per heavy atom. The topological polar surface area (TPSA) is 41.1 Å². The molecule has 106 valence electrons. The molecule has 0 aliphatic heterocycles. The predicted octanol–water partition coefficient (Wildman–Crippen LogP) is 3.30. The molecule has 0 fully saturated rings. The summed E-state index contributed by atoms with van der Waals surface area (Å²) < 4.78 is 0. The molecule has 1 atom stereocenters. The van der Waals surface area contributed by atoms with Crippen LogP contribution in [0.25, 0.3) is 0 Å². The largest absolute Gasteiger partial charge is 0.352 e. The van der Waals surface area contributed by atoms with Gasteiger partial charge in [-0.25, -0.2) is 0 Å². The minimum atomic E-state index is 0.0348. The Bertz CT molecular complexity index is 405. The molecule has 0 aromatic heterocycles. The van der Waals surface area contributed by atoms with Crippen molar-refractivity contribution in [1.29, 1.82) is 0 Å². The number of carbonyl (C=O) groups is 1. The summed E-state index contributed by atoms with van der Waals surface area (Å²) in [6.07, 6.45) is 1.92. The molecule has 0 aliphatic rings. The zero-order valence-electron chi connectivity index (χ0n) is 11.9. The number of amides is 1. The van der Waals surface area contributed by atoms with E-state index >= 15 is 0 Å². The summed E-state index contributed by atoms with van der Waals surface area (Å²) >= 11 is 6.12. The van der Waals surface area contributed by atoms with Crippen molar-refractivity contribution >= 4 is 17.5 Å². The van der Waals surface area contributed by atoms with E-state index in [2.05, 4.69) is 24.5 Å². The van der Waals surface area contributed by atoms with E-state index in [4.69, 9.17) is 11.6 Å². The summed E-state index contributed by atoms with van der Waals surface area (Å²) in [7, 11) is 0. The van der Waals surface area contributed by atoms with Crippen molar-refractivity contribution in [2.24, 2.45) is 0 Å². The SMILES string of the molecule is CCC(CC)NC(=O)CN[C@H](C)c1ccccc1Cl. The molecule has 4 heteroatoms. The number of hydrogen-bond donors (Lipinski definition) is 2. The van der Waals surface area contributed by atoms with Crippen LogP contribution in [0.4, 0.5) is 0 Å². The molecule has 0 spiro atoms. The van der Waals surface area contributed by atoms with Gasteiger partial charge in [0, 0.05) is 17.1 Å². The van der Waals surface area contributed by atoms with E-state index in [1.165, 1.54) is 0 Å². The van der Waals surface area contributed by atoms with Gasteiger partial charge in [0.05, 0.1) is 6.54 Å². The minimum Gasteiger partial charge on any atom is -0.352 e. The standard InChI is InChI=1S/C15H23ClN2O/c1-4-12(5-2)18-15(19)10-17-11(3)13-8-6-7-9-14(13)16/h6-9,11-12,17H,4-5,10H2,1-3H3,(H,18,19)/t11-/m1/s1. The van der Waals surface area contributed by atoms with Crippen molar-refractivity contribution < 1.29 is 4.79 Å². The molecule has 0 saturated heterocycles. The minimum absolute atomic E-state index is 0.0348. The second kappa shape index (κ2) is 8.18. The van der Waals surface area contributed by atoms with Crippen molar-refractivity contribution in [3.05, 3.63) is 34.9 Å². The first-order valence-corrected chi connectivity index (χ1v) is 7.23. The number of benzene rings is 1. The van der Waals surface area contributed by atoms with E-state index in [0.29, 0.717) is 6.54 Å². The Morgan fingerprint density at radius 2 is 1.89 bits per heavy atom. The van der Waals surface area contributed by atoms with Gasteiger partial charge < -0.3 is 10.6 Å². The Labute approximate surface area is 120 Å². The van der Waals surface area contributed by atoms with Crippen LogP contribution in [0.1, 0.15) is 45.2 Å². The molecule has 1 aromatic carbocycles. The highest BCUT2D eigenvalue weighted by Crippen LogP contribution is 2.21. The summed E-state index contributed by atoms with van der Waals surface area (Å²) in [5.41, 5.74) is 1.01. The van der Waals surface area contributed by atoms with Crippen LogP contribution >= 0.6 is 11.6 Å². The van der Waals surface area contributed by atoms with E-state index < -0.39 is 0 Å². The fourth-order valence-corrected chi connectivity index (χ4v) is 2.25. The summed E-state index contributed by atoms with van der Waals surface area (Å²) in [4.78, 5) is 11.8. The molecule has 0 radical (unpaired) electrons. The molecule has 1 aromatic rings. The molecule has 1 rings (SSSR count). The van der Waals surface area contributed by atoms with E-state index in [1.54, 1.807) is 0 Å². The van der Waals surface area contributed by atoms with Crippen molar-refractivity contribution in [3.63, 3.8) is 0 Å². The molecule has 0 saturated carbocycles. The maximum absolute atomic E-state index is 11.8. The molecule has 3 nitrogen and oxygen atoms in total. The van der Waals surface area contributed by atoms with Crippen molar-refractivity contribution in [1.82, 2.24) is 10.6 Å². The second-order valence-corrected chi connectivity index (χ2v) is 5.11. The highest BCUT2D eigenvalue weighted by atomic mass is 35.5. The fourth-order valence-electron chi connectivity index (χ4n) is 1.95. The summed E-state index contributed by atoms with van der Waals surface area (Å²) in [5, 5.41) is 6.92. The zero-order valence-corrected chi connectivity index (χ0v) is 12.6. The van der Waals surface area contributed by atoms with Gasteiger partial charge in [-0.3, -0.25) is 4.79 Å². The van der Waals surface area contributed by atoms with Gasteiger partial charge in [0.1, 0.15) is 0 Å². The average molecular weight is 283 g/mol. The van der Waals surface area contributed by atoms with Crippen LogP contribution in [0, 0.1) is 0 Å². The maximum Gasteiger partial charge on any atom is 0.234 e. The first-order chi connectivity index (χ1) is 9.08. The van der Waals surface area contributed by atoms with Gasteiger partial charge in [0.2, 0.25) is 5.91 Å². The predicted molar refractivity (Wildman–Crippen MR) is 80.4 cm³/mol. The Morgan fingerprint density at radius 3 is 2.47 bits per heavy atom. The fraction of sp³-hybridized carbons (Fsp3) is 0.533. The van der Waals surface area contributed by atoms with Crippen LogP contribution < -0.4 is 10.6 Å². The van der Waals surface area contributed by atoms with Crippen LogP contribution in [0.15, 0.2) is 24.3 Å². The van der Waals surface area contributed by atoms with E-state index in [0.717, 1.165) is 23.4 Å². The smallest absolute Gasteiger partial charge is 0.234 e. The molecule has 0 bridgehead atoms. The molecular weight excluding hydrogens is 260 g/mol. The van der Waals surface area contributed by atoms with Crippen molar-refractivity contribution in [3.8, 4) is 0 Å². The Kier molecular flexibility index (Phi) is 6.89. The van der Waals surface area contributed by atoms with Crippen LogP contribution in [-0.2, 0) is 4.79 Å². The second-order valence-electron chi connectivity index (χ2n) is 4.71. The van der Waals surface area contributed by atoms with Gasteiger partial charge in [-0.05, 0) is 31.4 Å². The van der Waals surface area contributed by atoms with Gasteiger partial charge >= 0.3 is 0 Å². The van der Waals surface area contributed by atoms with Crippen molar-refractivity contribution in [2.45, 2.75) is 45.7 Å². The third-order valence-corrected chi connectivity index (χ3v) is 3.64. The van der Waals surface area contributed by atoms with E-state index in [-0.39, 0.29) is 18.0 Å². The Balaban J connectivity index is 2.44. The number of hydrogen-bond acceptors (Lipinski definition) is 2. The lowest BCUT2D eigenvalue weighted by Crippen LogP contribution is -2.40. The van der Waals surface area contributed by atoms with E-state index in [9.17, 15) is 4.79 Å². The van der Waals surface area contributed by atoms with Crippen molar-refractivity contribution in [2.75, 3.05) is 6.54 Å². The van der Waals surface area contributed by atoms with Crippen LogP contribution in [0.3, 0.4) is 0 Å². The quantitative estimate of drug-likeness (QED) is 0.806. The average Bonchev–Trinajstić information content (AvgIpc) is 2.42. The lowest BCUT2D eigenvalue weighted by Gasteiger charge is -2.18. The lowest BCUT2D eigenvalue weighted by molar-refractivity contribution is -0.121. The first-order valence-electron chi connectivity index (χ1n) is 6.85. The molecule has 0 aliphatic carbocycles. The van der Waals surface area contributed by atoms with E-state index in [1.807, 2.05) is 31.2 Å². The highest BCUT2D eigenvalue weighted by molar-refractivity contribution is 6.31. The number of halogens is 1. The van der Waals surface area contributed by atoms with Gasteiger partial charge in [0.25, 0.3) is 0 Å². The maximum atomic E-state index is 11.8. The zero-order chi connectivity index (χ0) is 14.3. The van der Waals surface area contributed by atoms with Crippen LogP contribution in [-0.4, -0.2) is 18.5 Å². The lowest BCUT2D eigenvalue weighted by atomic mass is 10.1. The summed E-state index contributed by atoms with van der Waals surface area (Å²) in [6, 6.07) is 8.01. The number of rotatable bonds is 7. The first kappa shape index (κ1) is 16.0. The van der Waals surface area contributed by atoms with Gasteiger partial charge in [-0.2, -0.15) is 0 Å². The van der Waals surface area contributed by atoms with Crippen LogP contribution in [0.2, 0.25) is 5.02 Å². The molecule has 2 N–H and O–H groups in total. The summed E-state index contributed by atoms with van der Waals surface area (Å²) in [6.45, 7) is 6.47. The number of nitrogens with one attached hydrogen (secondary N) is 2. The van der Waals surface area contributed by atoms with Gasteiger partial charge in [-0.15, -0.1) is 0 Å². The third-order valence-electron chi connectivity index (χ3n) is 3.29. The third kappa shape index (κ3) is 5.21. The highest BCUT2D eigenvalue weighted by Gasteiger charge is 2.12. The molecule has 19 heavy (non-hydrogen) atoms. The van der Waals surface area contributed by atoms with Gasteiger partial charge in [0.15, 0.2) is 0 Å². The molecule has 0 unspecified atom stereocenters. The number of carbonyl (C=O) groups excluding carboxylic acids is 1.